The molecule has 3 atom stereocenters. The lowest BCUT2D eigenvalue weighted by molar-refractivity contribution is -0.200. The van der Waals surface area contributed by atoms with Gasteiger partial charge in [0, 0.05) is 20.4 Å². The van der Waals surface area contributed by atoms with E-state index in [-0.39, 0.29) is 25.7 Å². The first-order valence-corrected chi connectivity index (χ1v) is 10.8. The fourth-order valence-electron chi connectivity index (χ4n) is 3.60. The number of hydrogen-bond donors (Lipinski definition) is 0. The molecule has 0 aromatic heterocycles. The standard InChI is InChI=1S/C25H27NO8/c1-17(27)31-16-22(29)33-15-21(32-14-20-11-7-4-8-12-20)23-24(34-18(2)28)25(30)26(23)13-19-9-5-3-6-10-19/h3-12,21,23-24H,13-16H2,1-2H3/t21-,23+,24-/m0/s1. The third-order valence-electron chi connectivity index (χ3n) is 5.17. The van der Waals surface area contributed by atoms with Crippen molar-refractivity contribution in [1.29, 1.82) is 0 Å². The lowest BCUT2D eigenvalue weighted by Crippen LogP contribution is -2.70. The molecule has 180 valence electrons. The van der Waals surface area contributed by atoms with Gasteiger partial charge in [-0.3, -0.25) is 14.4 Å². The number of hydrogen-bond acceptors (Lipinski definition) is 8. The number of likely N-dealkylation sites (tertiary alicyclic amines) is 1. The van der Waals surface area contributed by atoms with Crippen molar-refractivity contribution in [3.8, 4) is 0 Å². The highest BCUT2D eigenvalue weighted by molar-refractivity contribution is 5.90. The average Bonchev–Trinajstić information content (AvgIpc) is 2.83. The minimum Gasteiger partial charge on any atom is -0.460 e. The Morgan fingerprint density at radius 3 is 2.09 bits per heavy atom. The summed E-state index contributed by atoms with van der Waals surface area (Å²) in [5.74, 6) is -2.32. The summed E-state index contributed by atoms with van der Waals surface area (Å²) >= 11 is 0. The Bertz CT molecular complexity index is 994. The summed E-state index contributed by atoms with van der Waals surface area (Å²) in [4.78, 5) is 49.0. The van der Waals surface area contributed by atoms with Crippen molar-refractivity contribution in [2.75, 3.05) is 13.2 Å². The molecular weight excluding hydrogens is 442 g/mol. The number of amides is 1. The Hall–Kier alpha value is -3.72. The summed E-state index contributed by atoms with van der Waals surface area (Å²) in [6.45, 7) is 2.10. The zero-order valence-corrected chi connectivity index (χ0v) is 19.0. The molecule has 0 aliphatic carbocycles. The molecule has 1 saturated heterocycles. The molecular formula is C25H27NO8. The second kappa shape index (κ2) is 11.9. The fourth-order valence-corrected chi connectivity index (χ4v) is 3.60. The van der Waals surface area contributed by atoms with Crippen molar-refractivity contribution in [2.45, 2.75) is 45.2 Å². The molecule has 1 heterocycles. The van der Waals surface area contributed by atoms with Crippen molar-refractivity contribution in [2.24, 2.45) is 0 Å². The molecule has 9 nitrogen and oxygen atoms in total. The van der Waals surface area contributed by atoms with Crippen LogP contribution >= 0.6 is 0 Å². The summed E-state index contributed by atoms with van der Waals surface area (Å²) in [5.41, 5.74) is 1.76. The number of rotatable bonds is 11. The number of carbonyl (C=O) groups excluding carboxylic acids is 4. The zero-order chi connectivity index (χ0) is 24.5. The predicted molar refractivity (Wildman–Crippen MR) is 119 cm³/mol. The molecule has 2 aromatic rings. The zero-order valence-electron chi connectivity index (χ0n) is 19.0. The van der Waals surface area contributed by atoms with Gasteiger partial charge in [0.1, 0.15) is 18.8 Å². The van der Waals surface area contributed by atoms with Crippen LogP contribution in [-0.4, -0.2) is 60.2 Å². The quantitative estimate of drug-likeness (QED) is 0.279. The van der Waals surface area contributed by atoms with Gasteiger partial charge in [-0.15, -0.1) is 0 Å². The molecule has 0 saturated carbocycles. The maximum absolute atomic E-state index is 12.8. The van der Waals surface area contributed by atoms with Crippen LogP contribution in [0.25, 0.3) is 0 Å². The van der Waals surface area contributed by atoms with E-state index in [0.717, 1.165) is 11.1 Å². The smallest absolute Gasteiger partial charge is 0.344 e. The summed E-state index contributed by atoms with van der Waals surface area (Å²) in [6.07, 6.45) is -1.86. The lowest BCUT2D eigenvalue weighted by Gasteiger charge is -2.49. The molecule has 0 unspecified atom stereocenters. The van der Waals surface area contributed by atoms with Crippen LogP contribution in [0, 0.1) is 0 Å². The Balaban J connectivity index is 1.78. The molecule has 1 aliphatic rings. The number of ether oxygens (including phenoxy) is 4. The molecule has 1 aliphatic heterocycles. The van der Waals surface area contributed by atoms with Gasteiger partial charge < -0.3 is 23.8 Å². The number of benzene rings is 2. The minimum atomic E-state index is -1.06. The summed E-state index contributed by atoms with van der Waals surface area (Å²) in [7, 11) is 0. The molecule has 9 heteroatoms. The van der Waals surface area contributed by atoms with Crippen molar-refractivity contribution < 1.29 is 38.1 Å². The van der Waals surface area contributed by atoms with Gasteiger partial charge in [0.25, 0.3) is 5.91 Å². The van der Waals surface area contributed by atoms with Gasteiger partial charge in [-0.05, 0) is 11.1 Å². The Labute approximate surface area is 197 Å². The molecule has 0 spiro atoms. The van der Waals surface area contributed by atoms with Crippen LogP contribution in [0.1, 0.15) is 25.0 Å². The van der Waals surface area contributed by atoms with Gasteiger partial charge in [0.15, 0.2) is 6.61 Å². The first-order valence-electron chi connectivity index (χ1n) is 10.8. The van der Waals surface area contributed by atoms with E-state index < -0.39 is 42.8 Å². The first-order chi connectivity index (χ1) is 16.3. The molecule has 2 aromatic carbocycles. The summed E-state index contributed by atoms with van der Waals surface area (Å²) in [5, 5.41) is 0. The van der Waals surface area contributed by atoms with E-state index in [4.69, 9.17) is 14.2 Å². The number of carbonyl (C=O) groups is 4. The highest BCUT2D eigenvalue weighted by Crippen LogP contribution is 2.30. The van der Waals surface area contributed by atoms with Gasteiger partial charge in [0.05, 0.1) is 6.61 Å². The SMILES string of the molecule is CC(=O)OCC(=O)OC[C@H](OCc1ccccc1)[C@@H]1[C@H](OC(C)=O)C(=O)N1Cc1ccccc1. The minimum absolute atomic E-state index is 0.184. The van der Waals surface area contributed by atoms with Gasteiger partial charge >= 0.3 is 17.9 Å². The van der Waals surface area contributed by atoms with Crippen LogP contribution in [-0.2, 0) is 51.3 Å². The van der Waals surface area contributed by atoms with E-state index >= 15 is 0 Å². The van der Waals surface area contributed by atoms with E-state index in [1.54, 1.807) is 4.90 Å². The Morgan fingerprint density at radius 2 is 1.50 bits per heavy atom. The van der Waals surface area contributed by atoms with Crippen LogP contribution in [0.5, 0.6) is 0 Å². The van der Waals surface area contributed by atoms with E-state index in [9.17, 15) is 19.2 Å². The molecule has 1 amide bonds. The van der Waals surface area contributed by atoms with Gasteiger partial charge in [-0.1, -0.05) is 60.7 Å². The van der Waals surface area contributed by atoms with Crippen LogP contribution in [0.2, 0.25) is 0 Å². The number of β-lactam (4-membered cyclic amide) rings is 1. The van der Waals surface area contributed by atoms with Crippen molar-refractivity contribution >= 4 is 23.8 Å². The lowest BCUT2D eigenvalue weighted by atomic mass is 9.91. The van der Waals surface area contributed by atoms with Crippen molar-refractivity contribution in [3.05, 3.63) is 71.8 Å². The Morgan fingerprint density at radius 1 is 0.882 bits per heavy atom. The summed E-state index contributed by atoms with van der Waals surface area (Å²) in [6, 6.07) is 18.0. The van der Waals surface area contributed by atoms with Crippen LogP contribution in [0.3, 0.4) is 0 Å². The van der Waals surface area contributed by atoms with Crippen LogP contribution in [0.4, 0.5) is 0 Å². The second-order valence-electron chi connectivity index (χ2n) is 7.77. The first kappa shape index (κ1) is 24.9. The average molecular weight is 469 g/mol. The van der Waals surface area contributed by atoms with E-state index in [0.29, 0.717) is 0 Å². The molecule has 0 N–H and O–H groups in total. The molecule has 34 heavy (non-hydrogen) atoms. The molecule has 0 radical (unpaired) electrons. The maximum atomic E-state index is 12.8. The third-order valence-corrected chi connectivity index (χ3v) is 5.17. The summed E-state index contributed by atoms with van der Waals surface area (Å²) < 4.78 is 21.3. The van der Waals surface area contributed by atoms with E-state index in [2.05, 4.69) is 4.74 Å². The number of esters is 3. The highest BCUT2D eigenvalue weighted by Gasteiger charge is 2.54. The normalized spacial score (nSPS) is 17.9. The van der Waals surface area contributed by atoms with Crippen LogP contribution < -0.4 is 0 Å². The second-order valence-corrected chi connectivity index (χ2v) is 7.77. The fraction of sp³-hybridized carbons (Fsp3) is 0.360. The molecule has 1 fully saturated rings. The molecule has 3 rings (SSSR count). The predicted octanol–water partition coefficient (Wildman–Crippen LogP) is 2.02. The van der Waals surface area contributed by atoms with E-state index in [1.807, 2.05) is 60.7 Å². The third kappa shape index (κ3) is 6.89. The molecule has 0 bridgehead atoms. The number of nitrogens with zero attached hydrogens (tertiary/aromatic N) is 1. The van der Waals surface area contributed by atoms with Gasteiger partial charge in [0.2, 0.25) is 6.10 Å². The van der Waals surface area contributed by atoms with E-state index in [1.165, 1.54) is 13.8 Å². The Kier molecular flexibility index (Phi) is 8.75. The maximum Gasteiger partial charge on any atom is 0.344 e. The topological polar surface area (TPSA) is 108 Å². The van der Waals surface area contributed by atoms with Gasteiger partial charge in [-0.25, -0.2) is 4.79 Å². The van der Waals surface area contributed by atoms with Crippen molar-refractivity contribution in [1.82, 2.24) is 4.90 Å². The van der Waals surface area contributed by atoms with Crippen LogP contribution in [0.15, 0.2) is 60.7 Å². The largest absolute Gasteiger partial charge is 0.460 e. The monoisotopic (exact) mass is 469 g/mol. The highest BCUT2D eigenvalue weighted by atomic mass is 16.6. The van der Waals surface area contributed by atoms with Gasteiger partial charge in [-0.2, -0.15) is 0 Å². The van der Waals surface area contributed by atoms with Crippen molar-refractivity contribution in [3.63, 3.8) is 0 Å².